The van der Waals surface area contributed by atoms with Gasteiger partial charge in [-0.05, 0) is 43.3 Å². The van der Waals surface area contributed by atoms with Crippen LogP contribution in [0.1, 0.15) is 26.3 Å². The summed E-state index contributed by atoms with van der Waals surface area (Å²) in [4.78, 5) is 11.7. The molecule has 0 saturated carbocycles. The number of nitrogens with zero attached hydrogens (tertiary/aromatic N) is 4. The molecule has 2 rings (SSSR count). The molecule has 1 aromatic carbocycles. The first-order valence-corrected chi connectivity index (χ1v) is 6.83. The lowest BCUT2D eigenvalue weighted by Crippen LogP contribution is -2.32. The van der Waals surface area contributed by atoms with Crippen LogP contribution in [0, 0.1) is 5.82 Å². The van der Waals surface area contributed by atoms with E-state index in [9.17, 15) is 9.18 Å². The van der Waals surface area contributed by atoms with Crippen LogP contribution < -0.4 is 5.32 Å². The molecular weight excluding hydrogens is 313 g/mol. The van der Waals surface area contributed by atoms with Crippen LogP contribution in [-0.4, -0.2) is 31.9 Å². The molecule has 1 aromatic heterocycles. The summed E-state index contributed by atoms with van der Waals surface area (Å²) in [7, 11) is 0. The topological polar surface area (TPSA) is 81.9 Å². The molecule has 0 aliphatic heterocycles. The third kappa shape index (κ3) is 3.91. The van der Waals surface area contributed by atoms with Crippen molar-refractivity contribution in [1.29, 1.82) is 0 Å². The van der Waals surface area contributed by atoms with Crippen LogP contribution in [0.3, 0.4) is 0 Å². The summed E-state index contributed by atoms with van der Waals surface area (Å²) in [6.07, 6.45) is 0.661. The molecule has 1 heterocycles. The number of nitrogens with one attached hydrogen (secondary N) is 1. The molecular formula is C13H15ClFN5O2. The van der Waals surface area contributed by atoms with Crippen molar-refractivity contribution in [2.24, 2.45) is 0 Å². The number of aromatic nitrogens is 4. The van der Waals surface area contributed by atoms with Crippen molar-refractivity contribution in [3.63, 3.8) is 0 Å². The summed E-state index contributed by atoms with van der Waals surface area (Å²) in [5.74, 6) is -0.647. The first-order valence-electron chi connectivity index (χ1n) is 6.45. The second kappa shape index (κ2) is 6.27. The maximum Gasteiger partial charge on any atom is 0.407 e. The Morgan fingerprint density at radius 3 is 2.77 bits per heavy atom. The van der Waals surface area contributed by atoms with E-state index < -0.39 is 17.5 Å². The van der Waals surface area contributed by atoms with Gasteiger partial charge in [0.05, 0.1) is 17.3 Å². The number of rotatable bonds is 3. The number of amides is 1. The molecule has 2 aromatic rings. The van der Waals surface area contributed by atoms with Crippen molar-refractivity contribution in [3.05, 3.63) is 34.9 Å². The quantitative estimate of drug-likeness (QED) is 0.936. The number of carbonyl (C=O) groups excluding carboxylic acids is 1. The Morgan fingerprint density at radius 2 is 2.18 bits per heavy atom. The minimum atomic E-state index is -0.658. The third-order valence-electron chi connectivity index (χ3n) is 2.58. The Labute approximate surface area is 131 Å². The van der Waals surface area contributed by atoms with Crippen LogP contribution in [0.5, 0.6) is 0 Å². The first kappa shape index (κ1) is 16.2. The van der Waals surface area contributed by atoms with E-state index in [4.69, 9.17) is 16.3 Å². The van der Waals surface area contributed by atoms with E-state index in [2.05, 4.69) is 20.8 Å². The van der Waals surface area contributed by atoms with Gasteiger partial charge >= 0.3 is 6.09 Å². The fourth-order valence-electron chi connectivity index (χ4n) is 1.71. The number of benzene rings is 1. The predicted octanol–water partition coefficient (Wildman–Crippen LogP) is 2.48. The summed E-state index contributed by atoms with van der Waals surface area (Å²) in [6.45, 7) is 5.09. The highest BCUT2D eigenvalue weighted by molar-refractivity contribution is 6.30. The van der Waals surface area contributed by atoms with Gasteiger partial charge in [0, 0.05) is 5.56 Å². The van der Waals surface area contributed by atoms with Gasteiger partial charge < -0.3 is 10.1 Å². The highest BCUT2D eigenvalue weighted by Crippen LogP contribution is 2.24. The number of hydrogen-bond donors (Lipinski definition) is 1. The highest BCUT2D eigenvalue weighted by Gasteiger charge is 2.19. The van der Waals surface area contributed by atoms with Gasteiger partial charge in [-0.2, -0.15) is 0 Å². The second-order valence-corrected chi connectivity index (χ2v) is 5.88. The zero-order valence-electron chi connectivity index (χ0n) is 12.3. The minimum Gasteiger partial charge on any atom is -0.444 e. The lowest BCUT2D eigenvalue weighted by molar-refractivity contribution is 0.0523. The van der Waals surface area contributed by atoms with Crippen molar-refractivity contribution < 1.29 is 13.9 Å². The van der Waals surface area contributed by atoms with Crippen LogP contribution in [-0.2, 0) is 11.3 Å². The second-order valence-electron chi connectivity index (χ2n) is 5.47. The van der Waals surface area contributed by atoms with Crippen LogP contribution in [0.2, 0.25) is 5.02 Å². The van der Waals surface area contributed by atoms with Gasteiger partial charge in [0.1, 0.15) is 17.7 Å². The summed E-state index contributed by atoms with van der Waals surface area (Å²) >= 11 is 5.79. The third-order valence-corrected chi connectivity index (χ3v) is 2.87. The number of carbonyl (C=O) groups is 1. The molecule has 0 spiro atoms. The minimum absolute atomic E-state index is 0.0576. The summed E-state index contributed by atoms with van der Waals surface area (Å²) in [6, 6.07) is 2.96. The zero-order valence-corrected chi connectivity index (χ0v) is 13.1. The number of alkyl carbamates (subject to hydrolysis) is 1. The molecule has 0 fully saturated rings. The van der Waals surface area contributed by atoms with Gasteiger partial charge in [0.25, 0.3) is 0 Å². The van der Waals surface area contributed by atoms with Crippen molar-refractivity contribution in [2.45, 2.75) is 32.9 Å². The van der Waals surface area contributed by atoms with Gasteiger partial charge in [-0.3, -0.25) is 0 Å². The Kier molecular flexibility index (Phi) is 4.60. The molecule has 0 radical (unpaired) electrons. The van der Waals surface area contributed by atoms with E-state index in [-0.39, 0.29) is 17.1 Å². The zero-order chi connectivity index (χ0) is 16.3. The summed E-state index contributed by atoms with van der Waals surface area (Å²) in [5.41, 5.74) is -0.107. The summed E-state index contributed by atoms with van der Waals surface area (Å²) < 4.78 is 20.6. The first-order chi connectivity index (χ1) is 10.3. The summed E-state index contributed by atoms with van der Waals surface area (Å²) in [5, 5.41) is 13.1. The van der Waals surface area contributed by atoms with Crippen LogP contribution in [0.25, 0.3) is 5.69 Å². The smallest absolute Gasteiger partial charge is 0.407 e. The van der Waals surface area contributed by atoms with E-state index in [1.807, 2.05) is 0 Å². The largest absolute Gasteiger partial charge is 0.444 e. The van der Waals surface area contributed by atoms with Crippen LogP contribution in [0.15, 0.2) is 18.5 Å². The molecule has 7 nitrogen and oxygen atoms in total. The fraction of sp³-hybridized carbons (Fsp3) is 0.385. The number of hydrogen-bond acceptors (Lipinski definition) is 5. The Balaban J connectivity index is 2.23. The monoisotopic (exact) mass is 327 g/mol. The average molecular weight is 328 g/mol. The molecule has 0 aliphatic rings. The van der Waals surface area contributed by atoms with Gasteiger partial charge in [-0.15, -0.1) is 5.10 Å². The van der Waals surface area contributed by atoms with Crippen molar-refractivity contribution in [1.82, 2.24) is 25.5 Å². The van der Waals surface area contributed by atoms with Crippen molar-refractivity contribution >= 4 is 17.7 Å². The Hall–Kier alpha value is -2.22. The van der Waals surface area contributed by atoms with Gasteiger partial charge in [-0.25, -0.2) is 13.9 Å². The molecule has 22 heavy (non-hydrogen) atoms. The number of ether oxygens (including phenoxy) is 1. The van der Waals surface area contributed by atoms with Crippen LogP contribution >= 0.6 is 11.6 Å². The lowest BCUT2D eigenvalue weighted by Gasteiger charge is -2.20. The fourth-order valence-corrected chi connectivity index (χ4v) is 1.89. The van der Waals surface area contributed by atoms with Gasteiger partial charge in [-0.1, -0.05) is 11.6 Å². The van der Waals surface area contributed by atoms with Gasteiger partial charge in [0.15, 0.2) is 0 Å². The lowest BCUT2D eigenvalue weighted by atomic mass is 10.1. The van der Waals surface area contributed by atoms with E-state index in [0.717, 1.165) is 0 Å². The predicted molar refractivity (Wildman–Crippen MR) is 77.2 cm³/mol. The van der Waals surface area contributed by atoms with E-state index >= 15 is 0 Å². The molecule has 0 aliphatic carbocycles. The van der Waals surface area contributed by atoms with Crippen molar-refractivity contribution in [3.8, 4) is 5.69 Å². The molecule has 9 heteroatoms. The molecule has 0 saturated heterocycles. The number of tetrazole rings is 1. The molecule has 118 valence electrons. The van der Waals surface area contributed by atoms with E-state index in [1.165, 1.54) is 17.1 Å². The maximum atomic E-state index is 14.2. The molecule has 1 N–H and O–H groups in total. The Morgan fingerprint density at radius 1 is 1.45 bits per heavy atom. The molecule has 0 atom stereocenters. The number of halogens is 2. The Bertz CT molecular complexity index is 670. The normalized spacial score (nSPS) is 11.3. The maximum absolute atomic E-state index is 14.2. The highest BCUT2D eigenvalue weighted by atomic mass is 35.5. The average Bonchev–Trinajstić information content (AvgIpc) is 2.92. The van der Waals surface area contributed by atoms with Crippen molar-refractivity contribution in [2.75, 3.05) is 0 Å². The van der Waals surface area contributed by atoms with E-state index in [1.54, 1.807) is 26.8 Å². The molecule has 0 unspecified atom stereocenters. The SMILES string of the molecule is CC(C)(C)OC(=O)NCc1c(-n2cnnn2)ccc(Cl)c1F. The van der Waals surface area contributed by atoms with Crippen LogP contribution in [0.4, 0.5) is 9.18 Å². The van der Waals surface area contributed by atoms with Gasteiger partial charge in [0.2, 0.25) is 0 Å². The van der Waals surface area contributed by atoms with E-state index in [0.29, 0.717) is 5.69 Å². The molecule has 1 amide bonds. The molecule has 0 bridgehead atoms. The standard InChI is InChI=1S/C13H15ClFN5O2/c1-13(2,3)22-12(21)16-6-8-10(20-7-17-18-19-20)5-4-9(14)11(8)15/h4-5,7H,6H2,1-3H3,(H,16,21).